The minimum Gasteiger partial charge on any atom is -0.468 e. The minimum atomic E-state index is -0.761. The molecule has 1 fully saturated rings. The number of carbonyl (C=O) groups is 1. The van der Waals surface area contributed by atoms with Gasteiger partial charge >= 0.3 is 5.97 Å². The van der Waals surface area contributed by atoms with E-state index in [1.165, 1.54) is 13.5 Å². The second-order valence-corrected chi connectivity index (χ2v) is 7.31. The molecule has 3 rings (SSSR count). The molecule has 144 valence electrons. The molecular weight excluding hydrogens is 338 g/mol. The summed E-state index contributed by atoms with van der Waals surface area (Å²) < 4.78 is 5.04. The van der Waals surface area contributed by atoms with Gasteiger partial charge in [-0.1, -0.05) is 79.9 Å². The molecule has 2 aromatic rings. The molecule has 2 unspecified atom stereocenters. The third-order valence-corrected chi connectivity index (χ3v) is 5.54. The van der Waals surface area contributed by atoms with Gasteiger partial charge in [-0.3, -0.25) is 10.1 Å². The van der Waals surface area contributed by atoms with Crippen molar-refractivity contribution >= 4 is 5.97 Å². The first-order valence-electron chi connectivity index (χ1n) is 9.82. The molecule has 0 bridgehead atoms. The van der Waals surface area contributed by atoms with Crippen molar-refractivity contribution in [2.75, 3.05) is 7.11 Å². The molecule has 0 heterocycles. The van der Waals surface area contributed by atoms with Crippen LogP contribution in [0.15, 0.2) is 60.7 Å². The van der Waals surface area contributed by atoms with E-state index in [1.54, 1.807) is 0 Å². The summed E-state index contributed by atoms with van der Waals surface area (Å²) >= 11 is 0. The maximum absolute atomic E-state index is 12.5. The highest BCUT2D eigenvalue weighted by Crippen LogP contribution is 2.30. The van der Waals surface area contributed by atoms with Gasteiger partial charge in [0.25, 0.3) is 0 Å². The average Bonchev–Trinajstić information content (AvgIpc) is 2.75. The van der Waals surface area contributed by atoms with Gasteiger partial charge in [0.2, 0.25) is 0 Å². The van der Waals surface area contributed by atoms with Crippen molar-refractivity contribution in [2.45, 2.75) is 50.3 Å². The number of rotatable bonds is 7. The van der Waals surface area contributed by atoms with E-state index < -0.39 is 18.1 Å². The molecule has 27 heavy (non-hydrogen) atoms. The van der Waals surface area contributed by atoms with E-state index in [4.69, 9.17) is 4.74 Å². The molecule has 2 N–H and O–H groups in total. The van der Waals surface area contributed by atoms with Crippen LogP contribution in [0.5, 0.6) is 0 Å². The molecule has 0 radical (unpaired) electrons. The fourth-order valence-electron chi connectivity index (χ4n) is 4.04. The number of aliphatic hydroxyl groups is 1. The summed E-state index contributed by atoms with van der Waals surface area (Å²) in [7, 11) is 1.38. The monoisotopic (exact) mass is 367 g/mol. The van der Waals surface area contributed by atoms with Crippen LogP contribution in [0.25, 0.3) is 0 Å². The Hall–Kier alpha value is -2.17. The molecule has 0 spiro atoms. The van der Waals surface area contributed by atoms with Crippen LogP contribution in [-0.2, 0) is 9.53 Å². The van der Waals surface area contributed by atoms with Crippen molar-refractivity contribution in [3.05, 3.63) is 71.8 Å². The van der Waals surface area contributed by atoms with Gasteiger partial charge in [0.15, 0.2) is 0 Å². The Morgan fingerprint density at radius 2 is 1.48 bits per heavy atom. The summed E-state index contributed by atoms with van der Waals surface area (Å²) in [6, 6.07) is 19.1. The number of methoxy groups -OCH3 is 1. The van der Waals surface area contributed by atoms with Gasteiger partial charge in [0.1, 0.15) is 6.04 Å². The normalized spacial score (nSPS) is 17.4. The zero-order chi connectivity index (χ0) is 19.1. The first-order chi connectivity index (χ1) is 13.2. The second-order valence-electron chi connectivity index (χ2n) is 7.31. The first-order valence-corrected chi connectivity index (χ1v) is 9.82. The summed E-state index contributed by atoms with van der Waals surface area (Å²) in [4.78, 5) is 12.5. The van der Waals surface area contributed by atoms with E-state index in [0.29, 0.717) is 0 Å². The molecule has 4 nitrogen and oxygen atoms in total. The number of hydrogen-bond donors (Lipinski definition) is 2. The summed E-state index contributed by atoms with van der Waals surface area (Å²) in [5, 5.41) is 14.4. The van der Waals surface area contributed by atoms with E-state index in [2.05, 4.69) is 5.32 Å². The predicted molar refractivity (Wildman–Crippen MR) is 106 cm³/mol. The standard InChI is InChI=1S/C23H29NO3/c1-27-23(26)21(22(25)19-15-9-4-10-16-19)24-20(17-11-5-2-6-12-17)18-13-7-3-8-14-18/h2-3,5-8,11-14,19-22,24-25H,4,9-10,15-16H2,1H3. The Morgan fingerprint density at radius 3 is 1.96 bits per heavy atom. The smallest absolute Gasteiger partial charge is 0.325 e. The van der Waals surface area contributed by atoms with E-state index in [-0.39, 0.29) is 12.0 Å². The van der Waals surface area contributed by atoms with Crippen molar-refractivity contribution in [3.63, 3.8) is 0 Å². The molecule has 0 saturated heterocycles. The number of carbonyl (C=O) groups excluding carboxylic acids is 1. The van der Waals surface area contributed by atoms with Crippen molar-refractivity contribution in [2.24, 2.45) is 5.92 Å². The van der Waals surface area contributed by atoms with Crippen molar-refractivity contribution in [3.8, 4) is 0 Å². The lowest BCUT2D eigenvalue weighted by Gasteiger charge is -2.34. The minimum absolute atomic E-state index is 0.127. The van der Waals surface area contributed by atoms with Gasteiger partial charge in [-0.25, -0.2) is 0 Å². The zero-order valence-electron chi connectivity index (χ0n) is 15.9. The molecule has 2 atom stereocenters. The number of ether oxygens (including phenoxy) is 1. The lowest BCUT2D eigenvalue weighted by Crippen LogP contribution is -2.51. The molecular formula is C23H29NO3. The zero-order valence-corrected chi connectivity index (χ0v) is 15.9. The van der Waals surface area contributed by atoms with Gasteiger partial charge in [0, 0.05) is 0 Å². The van der Waals surface area contributed by atoms with Gasteiger partial charge in [-0.15, -0.1) is 0 Å². The van der Waals surface area contributed by atoms with E-state index in [1.807, 2.05) is 60.7 Å². The van der Waals surface area contributed by atoms with E-state index >= 15 is 0 Å². The molecule has 1 aliphatic rings. The molecule has 1 aliphatic carbocycles. The summed E-state index contributed by atoms with van der Waals surface area (Å²) in [5.41, 5.74) is 2.10. The average molecular weight is 367 g/mol. The van der Waals surface area contributed by atoms with E-state index in [9.17, 15) is 9.90 Å². The lowest BCUT2D eigenvalue weighted by atomic mass is 9.82. The van der Waals surface area contributed by atoms with Crippen LogP contribution in [0.3, 0.4) is 0 Å². The summed E-state index contributed by atoms with van der Waals surface area (Å²) in [6.45, 7) is 0. The fourth-order valence-corrected chi connectivity index (χ4v) is 4.04. The molecule has 0 aliphatic heterocycles. The largest absolute Gasteiger partial charge is 0.468 e. The van der Waals surface area contributed by atoms with Crippen LogP contribution >= 0.6 is 0 Å². The van der Waals surface area contributed by atoms with Gasteiger partial charge in [0.05, 0.1) is 19.3 Å². The fraction of sp³-hybridized carbons (Fsp3) is 0.435. The Balaban J connectivity index is 1.89. The van der Waals surface area contributed by atoms with Gasteiger partial charge in [-0.2, -0.15) is 0 Å². The lowest BCUT2D eigenvalue weighted by molar-refractivity contribution is -0.148. The van der Waals surface area contributed by atoms with Crippen molar-refractivity contribution in [1.82, 2.24) is 5.32 Å². The number of benzene rings is 2. The molecule has 4 heteroatoms. The summed E-state index contributed by atoms with van der Waals surface area (Å²) in [6.07, 6.45) is 4.57. The predicted octanol–water partition coefficient (Wildman–Crippen LogP) is 3.85. The molecule has 0 aromatic heterocycles. The third-order valence-electron chi connectivity index (χ3n) is 5.54. The highest BCUT2D eigenvalue weighted by molar-refractivity contribution is 5.76. The number of esters is 1. The molecule has 2 aromatic carbocycles. The first kappa shape index (κ1) is 19.6. The van der Waals surface area contributed by atoms with Gasteiger partial charge in [-0.05, 0) is 29.9 Å². The van der Waals surface area contributed by atoms with Crippen molar-refractivity contribution in [1.29, 1.82) is 0 Å². The van der Waals surface area contributed by atoms with Crippen molar-refractivity contribution < 1.29 is 14.6 Å². The maximum atomic E-state index is 12.5. The van der Waals surface area contributed by atoms with Crippen LogP contribution in [0.2, 0.25) is 0 Å². The molecule has 1 saturated carbocycles. The van der Waals surface area contributed by atoms with Crippen LogP contribution < -0.4 is 5.32 Å². The number of hydrogen-bond acceptors (Lipinski definition) is 4. The van der Waals surface area contributed by atoms with Gasteiger partial charge < -0.3 is 9.84 Å². The highest BCUT2D eigenvalue weighted by Gasteiger charge is 2.36. The maximum Gasteiger partial charge on any atom is 0.325 e. The number of aliphatic hydroxyl groups excluding tert-OH is 1. The highest BCUT2D eigenvalue weighted by atomic mass is 16.5. The quantitative estimate of drug-likeness (QED) is 0.730. The Kier molecular flexibility index (Phi) is 7.02. The van der Waals surface area contributed by atoms with E-state index in [0.717, 1.165) is 36.8 Å². The van der Waals surface area contributed by atoms with Crippen LogP contribution in [0.4, 0.5) is 0 Å². The summed E-state index contributed by atoms with van der Waals surface area (Å²) in [5.74, 6) is -0.285. The third kappa shape index (κ3) is 4.96. The topological polar surface area (TPSA) is 58.6 Å². The Labute approximate surface area is 161 Å². The Morgan fingerprint density at radius 1 is 0.963 bits per heavy atom. The Bertz CT molecular complexity index is 659. The van der Waals surface area contributed by atoms with Crippen LogP contribution in [0.1, 0.15) is 49.3 Å². The number of nitrogens with one attached hydrogen (secondary N) is 1. The second kappa shape index (κ2) is 9.67. The van der Waals surface area contributed by atoms with Crippen LogP contribution in [-0.4, -0.2) is 30.3 Å². The molecule has 0 amide bonds. The SMILES string of the molecule is COC(=O)C(NC(c1ccccc1)c1ccccc1)C(O)C1CCCCC1. The van der Waals surface area contributed by atoms with Crippen LogP contribution in [0, 0.1) is 5.92 Å².